The second kappa shape index (κ2) is 8.37. The van der Waals surface area contributed by atoms with E-state index in [-0.39, 0.29) is 17.8 Å². The van der Waals surface area contributed by atoms with Crippen LogP contribution in [0.25, 0.3) is 0 Å². The summed E-state index contributed by atoms with van der Waals surface area (Å²) in [6, 6.07) is 8.01. The predicted molar refractivity (Wildman–Crippen MR) is 99.4 cm³/mol. The molecule has 3 rings (SSSR count). The van der Waals surface area contributed by atoms with Crippen LogP contribution in [0.3, 0.4) is 0 Å². The zero-order chi connectivity index (χ0) is 19.4. The molecule has 0 N–H and O–H groups in total. The highest BCUT2D eigenvalue weighted by Crippen LogP contribution is 2.20. The minimum atomic E-state index is -0.423. The molecule has 0 aliphatic carbocycles. The number of ether oxygens (including phenoxy) is 1. The maximum absolute atomic E-state index is 13.3. The van der Waals surface area contributed by atoms with Crippen molar-refractivity contribution in [1.29, 1.82) is 0 Å². The monoisotopic (exact) mass is 373 g/mol. The lowest BCUT2D eigenvalue weighted by molar-refractivity contribution is -0.132. The van der Waals surface area contributed by atoms with E-state index in [0.29, 0.717) is 43.0 Å². The molecule has 0 saturated carbocycles. The average Bonchev–Trinajstić information content (AvgIpc) is 2.62. The van der Waals surface area contributed by atoms with E-state index < -0.39 is 5.63 Å². The molecule has 144 valence electrons. The highest BCUT2D eigenvalue weighted by Gasteiger charge is 2.24. The van der Waals surface area contributed by atoms with E-state index in [4.69, 9.17) is 9.15 Å². The Balaban J connectivity index is 1.47. The van der Waals surface area contributed by atoms with E-state index in [1.54, 1.807) is 32.0 Å². The number of carbonyl (C=O) groups excluding carboxylic acids is 1. The van der Waals surface area contributed by atoms with Gasteiger partial charge in [0.25, 0.3) is 0 Å². The molecule has 0 bridgehead atoms. The zero-order valence-corrected chi connectivity index (χ0v) is 15.7. The molecular weight excluding hydrogens is 349 g/mol. The fourth-order valence-corrected chi connectivity index (χ4v) is 3.33. The normalized spacial score (nSPS) is 15.0. The summed E-state index contributed by atoms with van der Waals surface area (Å²) in [5.74, 6) is 0.909. The molecule has 1 saturated heterocycles. The largest absolute Gasteiger partial charge is 0.490 e. The van der Waals surface area contributed by atoms with Gasteiger partial charge in [0.1, 0.15) is 23.4 Å². The van der Waals surface area contributed by atoms with Crippen molar-refractivity contribution in [3.05, 3.63) is 63.5 Å². The van der Waals surface area contributed by atoms with Crippen molar-refractivity contribution in [2.75, 3.05) is 13.1 Å². The Kier molecular flexibility index (Phi) is 5.94. The van der Waals surface area contributed by atoms with Gasteiger partial charge in [0.2, 0.25) is 5.91 Å². The van der Waals surface area contributed by atoms with Crippen molar-refractivity contribution in [2.45, 2.75) is 45.6 Å². The summed E-state index contributed by atoms with van der Waals surface area (Å²) in [7, 11) is 0. The molecule has 0 atom stereocenters. The third-order valence-corrected chi connectivity index (χ3v) is 4.81. The summed E-state index contributed by atoms with van der Waals surface area (Å²) in [5, 5.41) is 0. The first-order valence-electron chi connectivity index (χ1n) is 9.22. The lowest BCUT2D eigenvalue weighted by atomic mass is 10.0. The van der Waals surface area contributed by atoms with Crippen LogP contribution in [0.1, 0.15) is 36.1 Å². The van der Waals surface area contributed by atoms with Gasteiger partial charge in [-0.15, -0.1) is 0 Å². The second-order valence-corrected chi connectivity index (χ2v) is 7.00. The SMILES string of the molecule is Cc1cc(OC2CCN(C(=O)CCc3ccc(F)c(C)c3)CC2)cc(=O)o1. The molecular formula is C21H24FNO4. The molecule has 1 aromatic heterocycles. The van der Waals surface area contributed by atoms with Gasteiger partial charge in [-0.05, 0) is 37.5 Å². The number of nitrogens with zero attached hydrogens (tertiary/aromatic N) is 1. The first-order chi connectivity index (χ1) is 12.9. The van der Waals surface area contributed by atoms with Crippen molar-refractivity contribution in [2.24, 2.45) is 0 Å². The third-order valence-electron chi connectivity index (χ3n) is 4.81. The maximum Gasteiger partial charge on any atom is 0.339 e. The van der Waals surface area contributed by atoms with Crippen LogP contribution in [0.15, 0.2) is 39.5 Å². The molecule has 27 heavy (non-hydrogen) atoms. The number of amides is 1. The smallest absolute Gasteiger partial charge is 0.339 e. The van der Waals surface area contributed by atoms with Crippen molar-refractivity contribution >= 4 is 5.91 Å². The number of benzene rings is 1. The van der Waals surface area contributed by atoms with E-state index >= 15 is 0 Å². The number of aryl methyl sites for hydroxylation is 3. The lowest BCUT2D eigenvalue weighted by Crippen LogP contribution is -2.41. The average molecular weight is 373 g/mol. The molecule has 2 heterocycles. The number of hydrogen-bond donors (Lipinski definition) is 0. The van der Waals surface area contributed by atoms with Gasteiger partial charge in [0.15, 0.2) is 0 Å². The van der Waals surface area contributed by atoms with Crippen LogP contribution in [0.5, 0.6) is 5.75 Å². The Bertz CT molecular complexity index is 869. The molecule has 0 unspecified atom stereocenters. The van der Waals surface area contributed by atoms with Crippen LogP contribution < -0.4 is 10.4 Å². The van der Waals surface area contributed by atoms with E-state index in [9.17, 15) is 14.0 Å². The number of halogens is 1. The van der Waals surface area contributed by atoms with Gasteiger partial charge in [0.05, 0.1) is 6.07 Å². The Hall–Kier alpha value is -2.63. The van der Waals surface area contributed by atoms with E-state index in [0.717, 1.165) is 18.4 Å². The minimum absolute atomic E-state index is 0.0185. The molecule has 1 aliphatic heterocycles. The summed E-state index contributed by atoms with van der Waals surface area (Å²) in [6.07, 6.45) is 2.45. The summed E-state index contributed by atoms with van der Waals surface area (Å²) in [4.78, 5) is 25.7. The van der Waals surface area contributed by atoms with Crippen LogP contribution >= 0.6 is 0 Å². The highest BCUT2D eigenvalue weighted by atomic mass is 19.1. The fraction of sp³-hybridized carbons (Fsp3) is 0.429. The van der Waals surface area contributed by atoms with Gasteiger partial charge in [-0.25, -0.2) is 9.18 Å². The minimum Gasteiger partial charge on any atom is -0.490 e. The topological polar surface area (TPSA) is 59.8 Å². The Morgan fingerprint density at radius 2 is 1.96 bits per heavy atom. The van der Waals surface area contributed by atoms with Crippen molar-refractivity contribution in [3.63, 3.8) is 0 Å². The van der Waals surface area contributed by atoms with Crippen molar-refractivity contribution < 1.29 is 18.3 Å². The van der Waals surface area contributed by atoms with Crippen LogP contribution in [-0.4, -0.2) is 30.0 Å². The van der Waals surface area contributed by atoms with Crippen LogP contribution in [-0.2, 0) is 11.2 Å². The van der Waals surface area contributed by atoms with E-state index in [1.807, 2.05) is 4.90 Å². The highest BCUT2D eigenvalue weighted by molar-refractivity contribution is 5.76. The Morgan fingerprint density at radius 1 is 1.22 bits per heavy atom. The number of rotatable bonds is 5. The lowest BCUT2D eigenvalue weighted by Gasteiger charge is -2.32. The third kappa shape index (κ3) is 5.18. The molecule has 6 heteroatoms. The molecule has 0 radical (unpaired) electrons. The zero-order valence-electron chi connectivity index (χ0n) is 15.7. The number of piperidine rings is 1. The summed E-state index contributed by atoms with van der Waals surface area (Å²) >= 11 is 0. The number of hydrogen-bond acceptors (Lipinski definition) is 4. The molecule has 1 aromatic carbocycles. The molecule has 5 nitrogen and oxygen atoms in total. The fourth-order valence-electron chi connectivity index (χ4n) is 3.33. The molecule has 2 aromatic rings. The maximum atomic E-state index is 13.3. The quantitative estimate of drug-likeness (QED) is 0.806. The van der Waals surface area contributed by atoms with Gasteiger partial charge in [-0.1, -0.05) is 12.1 Å². The summed E-state index contributed by atoms with van der Waals surface area (Å²) in [5.41, 5.74) is 1.15. The molecule has 1 amide bonds. The molecule has 1 aliphatic rings. The molecule has 0 spiro atoms. The van der Waals surface area contributed by atoms with E-state index in [1.165, 1.54) is 12.1 Å². The first kappa shape index (κ1) is 19.1. The molecule has 1 fully saturated rings. The number of carbonyl (C=O) groups is 1. The first-order valence-corrected chi connectivity index (χ1v) is 9.22. The summed E-state index contributed by atoms with van der Waals surface area (Å²) in [6.45, 7) is 4.69. The Morgan fingerprint density at radius 3 is 2.63 bits per heavy atom. The van der Waals surface area contributed by atoms with Crippen LogP contribution in [0.4, 0.5) is 4.39 Å². The van der Waals surface area contributed by atoms with Gasteiger partial charge in [-0.2, -0.15) is 0 Å². The van der Waals surface area contributed by atoms with Crippen LogP contribution in [0, 0.1) is 19.7 Å². The second-order valence-electron chi connectivity index (χ2n) is 7.00. The van der Waals surface area contributed by atoms with Crippen molar-refractivity contribution in [3.8, 4) is 5.75 Å². The van der Waals surface area contributed by atoms with Crippen molar-refractivity contribution in [1.82, 2.24) is 4.90 Å². The van der Waals surface area contributed by atoms with Gasteiger partial charge < -0.3 is 14.1 Å². The number of likely N-dealkylation sites (tertiary alicyclic amines) is 1. The predicted octanol–water partition coefficient (Wildman–Crippen LogP) is 3.40. The van der Waals surface area contributed by atoms with Crippen LogP contribution in [0.2, 0.25) is 0 Å². The van der Waals surface area contributed by atoms with E-state index in [2.05, 4.69) is 0 Å². The summed E-state index contributed by atoms with van der Waals surface area (Å²) < 4.78 is 24.1. The standard InChI is InChI=1S/C21H24FNO4/c1-14-11-16(3-5-19(14)22)4-6-20(24)23-9-7-17(8-10-23)27-18-12-15(2)26-21(25)13-18/h3,5,11-13,17H,4,6-10H2,1-2H3. The van der Waals surface area contributed by atoms with Gasteiger partial charge >= 0.3 is 5.63 Å². The van der Waals surface area contributed by atoms with Gasteiger partial charge in [-0.3, -0.25) is 4.79 Å². The van der Waals surface area contributed by atoms with Gasteiger partial charge in [0, 0.05) is 38.4 Å². The Labute approximate surface area is 157 Å².